The van der Waals surface area contributed by atoms with E-state index in [1.54, 1.807) is 29.8 Å². The molecule has 0 N–H and O–H groups in total. The molecule has 0 bridgehead atoms. The first kappa shape index (κ1) is 21.1. The topological polar surface area (TPSA) is 84.5 Å². The van der Waals surface area contributed by atoms with E-state index in [2.05, 4.69) is 9.88 Å². The SMILES string of the molecule is Cn1c(N2CCN(C(=O)c3ccc4nc(-c5ccccc5)oc4c3)CC2)nc2ccccc2c1=O. The molecule has 5 aromatic rings. The summed E-state index contributed by atoms with van der Waals surface area (Å²) in [4.78, 5) is 39.1. The van der Waals surface area contributed by atoms with E-state index in [4.69, 9.17) is 9.40 Å². The van der Waals surface area contributed by atoms with Crippen LogP contribution >= 0.6 is 0 Å². The van der Waals surface area contributed by atoms with E-state index >= 15 is 0 Å². The molecule has 0 spiro atoms. The third kappa shape index (κ3) is 3.73. The van der Waals surface area contributed by atoms with Crippen LogP contribution in [0.15, 0.2) is 82.0 Å². The number of hydrogen-bond acceptors (Lipinski definition) is 6. The van der Waals surface area contributed by atoms with Crippen LogP contribution in [-0.4, -0.2) is 51.5 Å². The number of piperazine rings is 1. The van der Waals surface area contributed by atoms with Crippen molar-refractivity contribution in [3.05, 3.63) is 88.7 Å². The lowest BCUT2D eigenvalue weighted by molar-refractivity contribution is 0.0746. The molecule has 0 atom stereocenters. The number of amides is 1. The van der Waals surface area contributed by atoms with Crippen LogP contribution in [-0.2, 0) is 7.05 Å². The number of hydrogen-bond donors (Lipinski definition) is 0. The number of carbonyl (C=O) groups excluding carboxylic acids is 1. The minimum atomic E-state index is -0.0701. The average molecular weight is 466 g/mol. The number of fused-ring (bicyclic) bond motifs is 2. The first-order chi connectivity index (χ1) is 17.1. The Labute approximate surface area is 201 Å². The van der Waals surface area contributed by atoms with Crippen molar-refractivity contribution in [1.82, 2.24) is 19.4 Å². The van der Waals surface area contributed by atoms with Gasteiger partial charge in [-0.15, -0.1) is 0 Å². The first-order valence-corrected chi connectivity index (χ1v) is 11.5. The molecule has 1 amide bonds. The van der Waals surface area contributed by atoms with Crippen molar-refractivity contribution in [3.63, 3.8) is 0 Å². The second kappa shape index (κ2) is 8.39. The van der Waals surface area contributed by atoms with Crippen LogP contribution in [0.3, 0.4) is 0 Å². The van der Waals surface area contributed by atoms with Crippen LogP contribution in [0.4, 0.5) is 5.95 Å². The maximum atomic E-state index is 13.2. The van der Waals surface area contributed by atoms with Crippen molar-refractivity contribution in [3.8, 4) is 11.5 Å². The Morgan fingerprint density at radius 1 is 0.857 bits per heavy atom. The third-order valence-electron chi connectivity index (χ3n) is 6.47. The van der Waals surface area contributed by atoms with Gasteiger partial charge in [-0.2, -0.15) is 0 Å². The standard InChI is InChI=1S/C27H23N5O3/c1-30-26(34)20-9-5-6-10-21(20)29-27(30)32-15-13-31(14-16-32)25(33)19-11-12-22-23(17-19)35-24(28-22)18-7-3-2-4-8-18/h2-12,17H,13-16H2,1H3. The lowest BCUT2D eigenvalue weighted by atomic mass is 10.1. The fraction of sp³-hybridized carbons (Fsp3) is 0.185. The Hall–Kier alpha value is -4.46. The van der Waals surface area contributed by atoms with E-state index in [0.717, 1.165) is 5.56 Å². The summed E-state index contributed by atoms with van der Waals surface area (Å²) in [5, 5.41) is 0.603. The number of oxazole rings is 1. The molecule has 8 heteroatoms. The zero-order valence-corrected chi connectivity index (χ0v) is 19.2. The minimum absolute atomic E-state index is 0.0513. The average Bonchev–Trinajstić information content (AvgIpc) is 3.35. The number of para-hydroxylation sites is 1. The Morgan fingerprint density at radius 3 is 2.40 bits per heavy atom. The fourth-order valence-electron chi connectivity index (χ4n) is 4.54. The van der Waals surface area contributed by atoms with Crippen molar-refractivity contribution in [2.45, 2.75) is 0 Å². The molecule has 35 heavy (non-hydrogen) atoms. The van der Waals surface area contributed by atoms with Crippen LogP contribution in [0.25, 0.3) is 33.5 Å². The monoisotopic (exact) mass is 465 g/mol. The van der Waals surface area contributed by atoms with E-state index in [1.807, 2.05) is 59.5 Å². The Bertz CT molecular complexity index is 1620. The first-order valence-electron chi connectivity index (χ1n) is 11.5. The molecule has 0 saturated carbocycles. The van der Waals surface area contributed by atoms with Crippen LogP contribution in [0.2, 0.25) is 0 Å². The predicted molar refractivity (Wildman–Crippen MR) is 135 cm³/mol. The van der Waals surface area contributed by atoms with Gasteiger partial charge in [-0.1, -0.05) is 30.3 Å². The number of nitrogens with zero attached hydrogens (tertiary/aromatic N) is 5. The zero-order valence-electron chi connectivity index (χ0n) is 19.2. The maximum absolute atomic E-state index is 13.2. The molecule has 174 valence electrons. The summed E-state index contributed by atoms with van der Waals surface area (Å²) >= 11 is 0. The van der Waals surface area contributed by atoms with E-state index in [9.17, 15) is 9.59 Å². The van der Waals surface area contributed by atoms with Gasteiger partial charge in [0, 0.05) is 44.4 Å². The van der Waals surface area contributed by atoms with Crippen LogP contribution in [0.5, 0.6) is 0 Å². The summed E-state index contributed by atoms with van der Waals surface area (Å²) in [5.74, 6) is 1.11. The molecule has 0 radical (unpaired) electrons. The van der Waals surface area contributed by atoms with E-state index in [0.29, 0.717) is 65.6 Å². The molecule has 1 aliphatic heterocycles. The van der Waals surface area contributed by atoms with Crippen LogP contribution in [0, 0.1) is 0 Å². The smallest absolute Gasteiger partial charge is 0.262 e. The van der Waals surface area contributed by atoms with Crippen molar-refractivity contribution in [2.75, 3.05) is 31.1 Å². The molecule has 3 aromatic carbocycles. The second-order valence-electron chi connectivity index (χ2n) is 8.64. The molecule has 1 aliphatic rings. The molecule has 1 saturated heterocycles. The van der Waals surface area contributed by atoms with E-state index in [1.165, 1.54) is 0 Å². The third-order valence-corrected chi connectivity index (χ3v) is 6.47. The van der Waals surface area contributed by atoms with Gasteiger partial charge in [-0.05, 0) is 42.5 Å². The Morgan fingerprint density at radius 2 is 1.60 bits per heavy atom. The van der Waals surface area contributed by atoms with Crippen molar-refractivity contribution in [2.24, 2.45) is 7.05 Å². The summed E-state index contributed by atoms with van der Waals surface area (Å²) in [5.41, 5.74) is 3.37. The van der Waals surface area contributed by atoms with Gasteiger partial charge in [0.25, 0.3) is 11.5 Å². The minimum Gasteiger partial charge on any atom is -0.436 e. The van der Waals surface area contributed by atoms with Gasteiger partial charge in [0.1, 0.15) is 5.52 Å². The Kier molecular flexibility index (Phi) is 5.06. The van der Waals surface area contributed by atoms with Crippen molar-refractivity contribution < 1.29 is 9.21 Å². The summed E-state index contributed by atoms with van der Waals surface area (Å²) in [6, 6.07) is 22.4. The second-order valence-corrected chi connectivity index (χ2v) is 8.64. The largest absolute Gasteiger partial charge is 0.436 e. The van der Waals surface area contributed by atoms with E-state index in [-0.39, 0.29) is 11.5 Å². The molecule has 3 heterocycles. The summed E-state index contributed by atoms with van der Waals surface area (Å²) < 4.78 is 7.52. The van der Waals surface area contributed by atoms with Gasteiger partial charge in [0.15, 0.2) is 5.58 Å². The molecule has 1 fully saturated rings. The molecule has 0 aliphatic carbocycles. The summed E-state index contributed by atoms with van der Waals surface area (Å²) in [7, 11) is 1.74. The predicted octanol–water partition coefficient (Wildman–Crippen LogP) is 3.70. The maximum Gasteiger partial charge on any atom is 0.262 e. The van der Waals surface area contributed by atoms with Gasteiger partial charge in [-0.3, -0.25) is 14.2 Å². The number of benzene rings is 3. The van der Waals surface area contributed by atoms with Crippen LogP contribution < -0.4 is 10.5 Å². The molecule has 6 rings (SSSR count). The highest BCUT2D eigenvalue weighted by Gasteiger charge is 2.25. The molecule has 2 aromatic heterocycles. The summed E-state index contributed by atoms with van der Waals surface area (Å²) in [6.45, 7) is 2.25. The zero-order chi connectivity index (χ0) is 23.9. The van der Waals surface area contributed by atoms with Gasteiger partial charge < -0.3 is 14.2 Å². The quantitative estimate of drug-likeness (QED) is 0.404. The number of rotatable bonds is 3. The highest BCUT2D eigenvalue weighted by atomic mass is 16.3. The molecular weight excluding hydrogens is 442 g/mol. The molecule has 0 unspecified atom stereocenters. The Balaban J connectivity index is 1.20. The van der Waals surface area contributed by atoms with Crippen molar-refractivity contribution in [1.29, 1.82) is 0 Å². The van der Waals surface area contributed by atoms with Gasteiger partial charge in [0.05, 0.1) is 10.9 Å². The lowest BCUT2D eigenvalue weighted by Crippen LogP contribution is -2.50. The van der Waals surface area contributed by atoms with Crippen molar-refractivity contribution >= 4 is 33.9 Å². The number of carbonyl (C=O) groups is 1. The van der Waals surface area contributed by atoms with Gasteiger partial charge in [-0.25, -0.2) is 9.97 Å². The fourth-order valence-corrected chi connectivity index (χ4v) is 4.54. The van der Waals surface area contributed by atoms with Gasteiger partial charge >= 0.3 is 0 Å². The lowest BCUT2D eigenvalue weighted by Gasteiger charge is -2.36. The van der Waals surface area contributed by atoms with Crippen LogP contribution in [0.1, 0.15) is 10.4 Å². The van der Waals surface area contributed by atoms with Gasteiger partial charge in [0.2, 0.25) is 11.8 Å². The normalized spacial score (nSPS) is 14.1. The van der Waals surface area contributed by atoms with E-state index < -0.39 is 0 Å². The molecular formula is C27H23N5O3. The highest BCUT2D eigenvalue weighted by molar-refractivity contribution is 5.97. The number of aromatic nitrogens is 3. The number of anilines is 1. The summed E-state index contributed by atoms with van der Waals surface area (Å²) in [6.07, 6.45) is 0. The highest BCUT2D eigenvalue weighted by Crippen LogP contribution is 2.25. The molecule has 8 nitrogen and oxygen atoms in total.